The molecular formula is C16H15N5O3. The van der Waals surface area contributed by atoms with Gasteiger partial charge in [0.05, 0.1) is 30.0 Å². The Labute approximate surface area is 137 Å². The van der Waals surface area contributed by atoms with Crippen molar-refractivity contribution in [3.05, 3.63) is 60.8 Å². The molecule has 0 aliphatic heterocycles. The maximum atomic E-state index is 12.3. The van der Waals surface area contributed by atoms with Gasteiger partial charge in [0.25, 0.3) is 5.91 Å². The van der Waals surface area contributed by atoms with E-state index < -0.39 is 11.9 Å². The van der Waals surface area contributed by atoms with Crippen molar-refractivity contribution < 1.29 is 14.0 Å². The largest absolute Gasteiger partial charge is 0.459 e. The summed E-state index contributed by atoms with van der Waals surface area (Å²) >= 11 is 0. The molecule has 0 bridgehead atoms. The van der Waals surface area contributed by atoms with Crippen LogP contribution in [0.2, 0.25) is 0 Å². The van der Waals surface area contributed by atoms with Gasteiger partial charge in [0, 0.05) is 0 Å². The minimum atomic E-state index is -0.744. The van der Waals surface area contributed by atoms with Gasteiger partial charge in [-0.25, -0.2) is 4.68 Å². The normalized spacial score (nSPS) is 11.7. The molecule has 1 aromatic carbocycles. The minimum absolute atomic E-state index is 0.151. The molecule has 0 unspecified atom stereocenters. The number of rotatable bonds is 5. The molecule has 0 spiro atoms. The topological polar surface area (TPSA) is 102 Å². The summed E-state index contributed by atoms with van der Waals surface area (Å²) in [5, 5.41) is 13.0. The van der Waals surface area contributed by atoms with E-state index in [4.69, 9.17) is 4.42 Å². The summed E-state index contributed by atoms with van der Waals surface area (Å²) in [5.74, 6) is -0.660. The molecule has 0 aliphatic rings. The van der Waals surface area contributed by atoms with Crippen LogP contribution < -0.4 is 10.6 Å². The Morgan fingerprint density at radius 3 is 2.75 bits per heavy atom. The number of amides is 2. The van der Waals surface area contributed by atoms with E-state index in [9.17, 15) is 9.59 Å². The molecule has 122 valence electrons. The molecule has 8 nitrogen and oxygen atoms in total. The monoisotopic (exact) mass is 325 g/mol. The van der Waals surface area contributed by atoms with Gasteiger partial charge in [0.2, 0.25) is 5.91 Å². The first-order valence-electron chi connectivity index (χ1n) is 7.26. The summed E-state index contributed by atoms with van der Waals surface area (Å²) in [6.45, 7) is 1.59. The van der Waals surface area contributed by atoms with Crippen LogP contribution in [-0.2, 0) is 4.79 Å². The fourth-order valence-corrected chi connectivity index (χ4v) is 2.10. The van der Waals surface area contributed by atoms with E-state index in [1.54, 1.807) is 48.3 Å². The summed E-state index contributed by atoms with van der Waals surface area (Å²) < 4.78 is 6.54. The van der Waals surface area contributed by atoms with Crippen LogP contribution in [-0.4, -0.2) is 32.9 Å². The molecule has 24 heavy (non-hydrogen) atoms. The number of carbonyl (C=O) groups is 2. The van der Waals surface area contributed by atoms with Crippen LogP contribution in [0, 0.1) is 0 Å². The summed E-state index contributed by atoms with van der Waals surface area (Å²) in [6, 6.07) is 9.56. The zero-order valence-corrected chi connectivity index (χ0v) is 12.8. The SMILES string of the molecule is C[C@@H](NC(=O)c1ccco1)C(=O)Nc1ccccc1-n1ccnn1. The third kappa shape index (κ3) is 3.32. The van der Waals surface area contributed by atoms with Crippen LogP contribution >= 0.6 is 0 Å². The molecule has 3 aromatic rings. The second kappa shape index (κ2) is 6.78. The van der Waals surface area contributed by atoms with Gasteiger partial charge in [0.1, 0.15) is 6.04 Å². The number of para-hydroxylation sites is 2. The van der Waals surface area contributed by atoms with Crippen LogP contribution in [0.15, 0.2) is 59.5 Å². The zero-order valence-electron chi connectivity index (χ0n) is 12.8. The molecule has 8 heteroatoms. The van der Waals surface area contributed by atoms with Crippen molar-refractivity contribution in [2.45, 2.75) is 13.0 Å². The van der Waals surface area contributed by atoms with E-state index in [1.165, 1.54) is 12.3 Å². The van der Waals surface area contributed by atoms with Crippen molar-refractivity contribution in [3.8, 4) is 5.69 Å². The molecule has 2 heterocycles. The van der Waals surface area contributed by atoms with Gasteiger partial charge < -0.3 is 15.1 Å². The van der Waals surface area contributed by atoms with Crippen molar-refractivity contribution in [2.24, 2.45) is 0 Å². The third-order valence-corrected chi connectivity index (χ3v) is 3.32. The van der Waals surface area contributed by atoms with Crippen molar-refractivity contribution in [1.82, 2.24) is 20.3 Å². The Kier molecular flexibility index (Phi) is 4.37. The molecule has 0 saturated carbocycles. The summed E-state index contributed by atoms with van der Waals surface area (Å²) in [6.07, 6.45) is 4.62. The maximum absolute atomic E-state index is 12.3. The van der Waals surface area contributed by atoms with Crippen LogP contribution in [0.4, 0.5) is 5.69 Å². The van der Waals surface area contributed by atoms with Crippen molar-refractivity contribution in [3.63, 3.8) is 0 Å². The molecule has 2 amide bonds. The quantitative estimate of drug-likeness (QED) is 0.742. The lowest BCUT2D eigenvalue weighted by atomic mass is 10.2. The highest BCUT2D eigenvalue weighted by molar-refractivity contribution is 6.00. The second-order valence-electron chi connectivity index (χ2n) is 5.03. The average molecular weight is 325 g/mol. The van der Waals surface area contributed by atoms with E-state index in [0.29, 0.717) is 11.4 Å². The first-order valence-corrected chi connectivity index (χ1v) is 7.26. The maximum Gasteiger partial charge on any atom is 0.287 e. The summed E-state index contributed by atoms with van der Waals surface area (Å²) in [4.78, 5) is 24.3. The molecule has 0 fully saturated rings. The van der Waals surface area contributed by atoms with Gasteiger partial charge in [-0.1, -0.05) is 17.3 Å². The highest BCUT2D eigenvalue weighted by Crippen LogP contribution is 2.18. The Morgan fingerprint density at radius 2 is 2.04 bits per heavy atom. The van der Waals surface area contributed by atoms with Crippen LogP contribution in [0.5, 0.6) is 0 Å². The Balaban J connectivity index is 1.70. The lowest BCUT2D eigenvalue weighted by Crippen LogP contribution is -2.41. The van der Waals surface area contributed by atoms with Crippen molar-refractivity contribution in [2.75, 3.05) is 5.32 Å². The van der Waals surface area contributed by atoms with E-state index in [2.05, 4.69) is 20.9 Å². The first-order chi connectivity index (χ1) is 11.6. The molecule has 0 saturated heterocycles. The van der Waals surface area contributed by atoms with Crippen LogP contribution in [0.25, 0.3) is 5.69 Å². The standard InChI is InChI=1S/C16H15N5O3/c1-11(18-16(23)14-7-4-10-24-14)15(22)19-12-5-2-3-6-13(12)21-9-8-17-20-21/h2-11H,1H3,(H,18,23)(H,19,22)/t11-/m1/s1. The fraction of sp³-hybridized carbons (Fsp3) is 0.125. The fourth-order valence-electron chi connectivity index (χ4n) is 2.10. The van der Waals surface area contributed by atoms with Crippen molar-refractivity contribution in [1.29, 1.82) is 0 Å². The van der Waals surface area contributed by atoms with Crippen LogP contribution in [0.3, 0.4) is 0 Å². The number of nitrogens with one attached hydrogen (secondary N) is 2. The minimum Gasteiger partial charge on any atom is -0.459 e. The molecule has 1 atom stereocenters. The number of aromatic nitrogens is 3. The highest BCUT2D eigenvalue weighted by Gasteiger charge is 2.19. The van der Waals surface area contributed by atoms with Gasteiger partial charge in [0.15, 0.2) is 5.76 Å². The lowest BCUT2D eigenvalue weighted by Gasteiger charge is -2.15. The Morgan fingerprint density at radius 1 is 1.21 bits per heavy atom. The summed E-state index contributed by atoms with van der Waals surface area (Å²) in [5.41, 5.74) is 1.24. The molecule has 0 radical (unpaired) electrons. The van der Waals surface area contributed by atoms with Gasteiger partial charge in [-0.05, 0) is 31.2 Å². The van der Waals surface area contributed by atoms with Crippen molar-refractivity contribution >= 4 is 17.5 Å². The van der Waals surface area contributed by atoms with Crippen LogP contribution in [0.1, 0.15) is 17.5 Å². The second-order valence-corrected chi connectivity index (χ2v) is 5.03. The van der Waals surface area contributed by atoms with E-state index in [-0.39, 0.29) is 11.7 Å². The third-order valence-electron chi connectivity index (χ3n) is 3.32. The van der Waals surface area contributed by atoms with Gasteiger partial charge >= 0.3 is 0 Å². The van der Waals surface area contributed by atoms with Gasteiger partial charge in [-0.2, -0.15) is 0 Å². The number of hydrogen-bond acceptors (Lipinski definition) is 5. The lowest BCUT2D eigenvalue weighted by molar-refractivity contribution is -0.117. The predicted molar refractivity (Wildman–Crippen MR) is 85.6 cm³/mol. The van der Waals surface area contributed by atoms with Gasteiger partial charge in [-0.15, -0.1) is 5.10 Å². The Hall–Kier alpha value is -3.42. The van der Waals surface area contributed by atoms with E-state index >= 15 is 0 Å². The molecular weight excluding hydrogens is 310 g/mol. The molecule has 0 aliphatic carbocycles. The number of nitrogens with zero attached hydrogens (tertiary/aromatic N) is 3. The predicted octanol–water partition coefficient (Wildman–Crippen LogP) is 1.62. The smallest absolute Gasteiger partial charge is 0.287 e. The zero-order chi connectivity index (χ0) is 16.9. The number of anilines is 1. The highest BCUT2D eigenvalue weighted by atomic mass is 16.3. The first kappa shape index (κ1) is 15.5. The number of carbonyl (C=O) groups excluding carboxylic acids is 2. The van der Waals surface area contributed by atoms with Gasteiger partial charge in [-0.3, -0.25) is 9.59 Å². The number of benzene rings is 1. The summed E-state index contributed by atoms with van der Waals surface area (Å²) in [7, 11) is 0. The van der Waals surface area contributed by atoms with E-state index in [0.717, 1.165) is 0 Å². The molecule has 2 N–H and O–H groups in total. The number of furan rings is 1. The Bertz CT molecular complexity index is 827. The van der Waals surface area contributed by atoms with E-state index in [1.807, 2.05) is 6.07 Å². The molecule has 2 aromatic heterocycles. The molecule has 3 rings (SSSR count). The number of hydrogen-bond donors (Lipinski definition) is 2. The average Bonchev–Trinajstić information content (AvgIpc) is 3.29.